The number of sulfonamides is 1. The van der Waals surface area contributed by atoms with Crippen LogP contribution in [0.3, 0.4) is 0 Å². The molecule has 2 aromatic carbocycles. The molecule has 3 aromatic rings. The number of aromatic nitrogens is 1. The lowest BCUT2D eigenvalue weighted by atomic mass is 10.2. The van der Waals surface area contributed by atoms with Gasteiger partial charge in [0, 0.05) is 17.3 Å². The summed E-state index contributed by atoms with van der Waals surface area (Å²) in [5.74, 6) is 0. The second kappa shape index (κ2) is 6.03. The van der Waals surface area contributed by atoms with Gasteiger partial charge in [-0.1, -0.05) is 18.2 Å². The van der Waals surface area contributed by atoms with Gasteiger partial charge in [-0.25, -0.2) is 8.42 Å². The van der Waals surface area contributed by atoms with Crippen molar-refractivity contribution in [1.29, 1.82) is 0 Å². The highest BCUT2D eigenvalue weighted by Crippen LogP contribution is 2.31. The highest BCUT2D eigenvalue weighted by molar-refractivity contribution is 7.93. The normalized spacial score (nSPS) is 12.3. The zero-order valence-electron chi connectivity index (χ0n) is 13.0. The fraction of sp³-hybridized carbons (Fsp3) is 0.118. The van der Waals surface area contributed by atoms with E-state index in [1.54, 1.807) is 18.2 Å². The van der Waals surface area contributed by atoms with Crippen molar-refractivity contribution in [3.8, 4) is 0 Å². The molecule has 0 aliphatic heterocycles. The number of aryl methyl sites for hydroxylation is 1. The van der Waals surface area contributed by atoms with E-state index < -0.39 is 21.8 Å². The van der Waals surface area contributed by atoms with Crippen molar-refractivity contribution in [3.63, 3.8) is 0 Å². The summed E-state index contributed by atoms with van der Waals surface area (Å²) in [6.45, 7) is 1.83. The summed E-state index contributed by atoms with van der Waals surface area (Å²) in [5, 5.41) is 0.631. The van der Waals surface area contributed by atoms with Gasteiger partial charge >= 0.3 is 6.18 Å². The molecule has 1 aromatic heterocycles. The highest BCUT2D eigenvalue weighted by Gasteiger charge is 2.30. The molecule has 25 heavy (non-hydrogen) atoms. The molecule has 0 fully saturated rings. The standard InChI is InChI=1S/C17H13F3N2O2S/c1-11-8-12-4-2-7-15(16(12)21-10-11)25(23,24)22-14-6-3-5-13(9-14)17(18,19)20/h2-10,22H,1H3. The first kappa shape index (κ1) is 17.2. The second-order valence-electron chi connectivity index (χ2n) is 5.52. The van der Waals surface area contributed by atoms with Crippen molar-refractivity contribution in [2.75, 3.05) is 4.72 Å². The van der Waals surface area contributed by atoms with E-state index in [0.29, 0.717) is 5.39 Å². The second-order valence-corrected chi connectivity index (χ2v) is 7.18. The predicted molar refractivity (Wildman–Crippen MR) is 88.7 cm³/mol. The van der Waals surface area contributed by atoms with Gasteiger partial charge in [-0.2, -0.15) is 13.2 Å². The maximum Gasteiger partial charge on any atom is 0.416 e. The van der Waals surface area contributed by atoms with E-state index in [2.05, 4.69) is 9.71 Å². The number of nitrogens with one attached hydrogen (secondary N) is 1. The maximum atomic E-state index is 12.8. The maximum absolute atomic E-state index is 12.8. The largest absolute Gasteiger partial charge is 0.416 e. The molecule has 1 heterocycles. The van der Waals surface area contributed by atoms with Crippen molar-refractivity contribution in [2.45, 2.75) is 18.0 Å². The highest BCUT2D eigenvalue weighted by atomic mass is 32.2. The topological polar surface area (TPSA) is 59.1 Å². The molecule has 8 heteroatoms. The number of fused-ring (bicyclic) bond motifs is 1. The summed E-state index contributed by atoms with van der Waals surface area (Å²) in [6, 6.07) is 10.5. The summed E-state index contributed by atoms with van der Waals surface area (Å²) in [5.41, 5.74) is 0.0266. The molecule has 0 saturated carbocycles. The van der Waals surface area contributed by atoms with Gasteiger partial charge < -0.3 is 0 Å². The molecule has 0 radical (unpaired) electrons. The number of para-hydroxylation sites is 1. The fourth-order valence-corrected chi connectivity index (χ4v) is 3.66. The van der Waals surface area contributed by atoms with Crippen LogP contribution < -0.4 is 4.72 Å². The molecular formula is C17H13F3N2O2S. The summed E-state index contributed by atoms with van der Waals surface area (Å²) in [6.07, 6.45) is -3.02. The van der Waals surface area contributed by atoms with E-state index in [1.165, 1.54) is 18.3 Å². The molecular weight excluding hydrogens is 353 g/mol. The lowest BCUT2D eigenvalue weighted by molar-refractivity contribution is -0.137. The Balaban J connectivity index is 2.04. The number of alkyl halides is 3. The summed E-state index contributed by atoms with van der Waals surface area (Å²) >= 11 is 0. The van der Waals surface area contributed by atoms with Gasteiger partial charge in [0.05, 0.1) is 11.1 Å². The van der Waals surface area contributed by atoms with Crippen LogP contribution in [0.15, 0.2) is 59.6 Å². The Bertz CT molecular complexity index is 1050. The first-order chi connectivity index (χ1) is 11.7. The molecule has 130 valence electrons. The average Bonchev–Trinajstić information content (AvgIpc) is 2.53. The van der Waals surface area contributed by atoms with E-state index in [1.807, 2.05) is 6.92 Å². The minimum Gasteiger partial charge on any atom is -0.280 e. The van der Waals surface area contributed by atoms with Crippen molar-refractivity contribution in [2.24, 2.45) is 0 Å². The SMILES string of the molecule is Cc1cnc2c(S(=O)(=O)Nc3cccc(C(F)(F)F)c3)cccc2c1. The van der Waals surface area contributed by atoms with Crippen molar-refractivity contribution in [1.82, 2.24) is 4.98 Å². The number of hydrogen-bond donors (Lipinski definition) is 1. The number of anilines is 1. The van der Waals surface area contributed by atoms with Gasteiger partial charge in [-0.15, -0.1) is 0 Å². The van der Waals surface area contributed by atoms with Crippen LogP contribution in [0.4, 0.5) is 18.9 Å². The van der Waals surface area contributed by atoms with E-state index in [0.717, 1.165) is 23.8 Å². The van der Waals surface area contributed by atoms with Crippen LogP contribution in [0.5, 0.6) is 0 Å². The Hall–Kier alpha value is -2.61. The van der Waals surface area contributed by atoms with E-state index in [9.17, 15) is 21.6 Å². The van der Waals surface area contributed by atoms with Gasteiger partial charge in [0.25, 0.3) is 10.0 Å². The summed E-state index contributed by atoms with van der Waals surface area (Å²) in [4.78, 5) is 4.05. The van der Waals surface area contributed by atoms with Crippen LogP contribution in [-0.2, 0) is 16.2 Å². The van der Waals surface area contributed by atoms with Crippen LogP contribution >= 0.6 is 0 Å². The molecule has 0 atom stereocenters. The Morgan fingerprint density at radius 3 is 2.48 bits per heavy atom. The van der Waals surface area contributed by atoms with Crippen molar-refractivity contribution < 1.29 is 21.6 Å². The molecule has 0 amide bonds. The van der Waals surface area contributed by atoms with Crippen molar-refractivity contribution in [3.05, 3.63) is 65.9 Å². The van der Waals surface area contributed by atoms with E-state index >= 15 is 0 Å². The summed E-state index contributed by atoms with van der Waals surface area (Å²) in [7, 11) is -4.09. The smallest absolute Gasteiger partial charge is 0.280 e. The molecule has 1 N–H and O–H groups in total. The third-order valence-electron chi connectivity index (χ3n) is 3.54. The number of rotatable bonds is 3. The molecule has 0 aliphatic rings. The number of pyridine rings is 1. The third-order valence-corrected chi connectivity index (χ3v) is 4.96. The Morgan fingerprint density at radius 2 is 1.76 bits per heavy atom. The van der Waals surface area contributed by atoms with Crippen LogP contribution in [0, 0.1) is 6.92 Å². The fourth-order valence-electron chi connectivity index (χ4n) is 2.43. The zero-order chi connectivity index (χ0) is 18.2. The molecule has 0 unspecified atom stereocenters. The molecule has 0 saturated heterocycles. The van der Waals surface area contributed by atoms with Crippen LogP contribution in [-0.4, -0.2) is 13.4 Å². The molecule has 0 aliphatic carbocycles. The first-order valence-corrected chi connectivity index (χ1v) is 8.70. The predicted octanol–water partition coefficient (Wildman–Crippen LogP) is 4.36. The van der Waals surface area contributed by atoms with Crippen LogP contribution in [0.1, 0.15) is 11.1 Å². The molecule has 4 nitrogen and oxygen atoms in total. The quantitative estimate of drug-likeness (QED) is 0.749. The summed E-state index contributed by atoms with van der Waals surface area (Å²) < 4.78 is 65.8. The lowest BCUT2D eigenvalue weighted by Gasteiger charge is -2.12. The molecule has 0 bridgehead atoms. The Kier molecular flexibility index (Phi) is 4.16. The number of nitrogens with zero attached hydrogens (tertiary/aromatic N) is 1. The zero-order valence-corrected chi connectivity index (χ0v) is 13.8. The Morgan fingerprint density at radius 1 is 1.04 bits per heavy atom. The molecule has 0 spiro atoms. The van der Waals surface area contributed by atoms with Gasteiger partial charge in [0.15, 0.2) is 0 Å². The third kappa shape index (κ3) is 3.58. The molecule has 3 rings (SSSR count). The van der Waals surface area contributed by atoms with Crippen LogP contribution in [0.25, 0.3) is 10.9 Å². The van der Waals surface area contributed by atoms with Gasteiger partial charge in [0.2, 0.25) is 0 Å². The monoisotopic (exact) mass is 366 g/mol. The van der Waals surface area contributed by atoms with Crippen LogP contribution in [0.2, 0.25) is 0 Å². The lowest BCUT2D eigenvalue weighted by Crippen LogP contribution is -2.14. The van der Waals surface area contributed by atoms with Gasteiger partial charge in [-0.05, 0) is 42.8 Å². The van der Waals surface area contributed by atoms with E-state index in [-0.39, 0.29) is 16.1 Å². The van der Waals surface area contributed by atoms with Gasteiger partial charge in [-0.3, -0.25) is 9.71 Å². The number of benzene rings is 2. The van der Waals surface area contributed by atoms with Crippen molar-refractivity contribution >= 4 is 26.6 Å². The van der Waals surface area contributed by atoms with E-state index in [4.69, 9.17) is 0 Å². The minimum atomic E-state index is -4.56. The average molecular weight is 366 g/mol. The first-order valence-electron chi connectivity index (χ1n) is 7.22. The van der Waals surface area contributed by atoms with Gasteiger partial charge in [0.1, 0.15) is 4.90 Å². The minimum absolute atomic E-state index is 0.0950. The number of halogens is 3. The number of hydrogen-bond acceptors (Lipinski definition) is 3. The Labute approximate surface area is 142 Å².